The number of likely N-dealkylation sites (N-methyl/N-ethyl adjacent to an activating group) is 2. The van der Waals surface area contributed by atoms with E-state index in [1.807, 2.05) is 50.1 Å². The number of sulfone groups is 1. The summed E-state index contributed by atoms with van der Waals surface area (Å²) in [5.41, 5.74) is 8.75. The van der Waals surface area contributed by atoms with Gasteiger partial charge in [-0.25, -0.2) is 13.4 Å². The molecule has 3 N–H and O–H groups in total. The number of amides is 1. The van der Waals surface area contributed by atoms with Crippen molar-refractivity contribution >= 4 is 49.6 Å². The zero-order valence-corrected chi connectivity index (χ0v) is 28.5. The average Bonchev–Trinajstić information content (AvgIpc) is 3.56. The van der Waals surface area contributed by atoms with Gasteiger partial charge in [-0.2, -0.15) is 5.26 Å². The average molecular weight is 688 g/mol. The number of pyridine rings is 1. The second-order valence-electron chi connectivity index (χ2n) is 11.5. The molecule has 3 aromatic carbocycles. The second kappa shape index (κ2) is 14.0. The number of aromatic nitrogens is 2. The number of nitriles is 1. The molecular formula is C34H34ClN7O5S. The van der Waals surface area contributed by atoms with Gasteiger partial charge in [-0.1, -0.05) is 41.9 Å². The topological polar surface area (TPSA) is 168 Å². The molecule has 2 aromatic heterocycles. The molecule has 0 saturated heterocycles. The number of ether oxygens (including phenoxy) is 1. The largest absolute Gasteiger partial charge is 0.496 e. The van der Waals surface area contributed by atoms with E-state index < -0.39 is 15.7 Å². The molecule has 0 fully saturated rings. The van der Waals surface area contributed by atoms with E-state index in [0.717, 1.165) is 12.0 Å². The number of nitrogens with two attached hydrogens (primary N) is 1. The molecule has 0 radical (unpaired) electrons. The SMILES string of the molecule is COc1cc2ncc(C#N)c(Nc3ccc(S(=O)(=O)c4ocnc4-c4ccccc4)c(Cl)c3)c2cc1C(C(CC(N)=O)N(C)C)N(C)C. The van der Waals surface area contributed by atoms with Crippen LogP contribution < -0.4 is 15.8 Å². The Morgan fingerprint density at radius 2 is 1.81 bits per heavy atom. The van der Waals surface area contributed by atoms with Crippen LogP contribution in [-0.2, 0) is 14.6 Å². The summed E-state index contributed by atoms with van der Waals surface area (Å²) in [5, 5.41) is 13.5. The van der Waals surface area contributed by atoms with E-state index in [1.165, 1.54) is 18.3 Å². The third kappa shape index (κ3) is 6.69. The number of carbonyl (C=O) groups is 1. The van der Waals surface area contributed by atoms with Gasteiger partial charge in [0, 0.05) is 46.9 Å². The van der Waals surface area contributed by atoms with Crippen LogP contribution in [0.1, 0.15) is 23.6 Å². The van der Waals surface area contributed by atoms with E-state index in [-0.39, 0.29) is 44.8 Å². The predicted molar refractivity (Wildman–Crippen MR) is 183 cm³/mol. The lowest BCUT2D eigenvalue weighted by Crippen LogP contribution is -2.43. The molecule has 0 spiro atoms. The molecule has 2 heterocycles. The van der Waals surface area contributed by atoms with Crippen molar-refractivity contribution in [2.45, 2.75) is 28.5 Å². The van der Waals surface area contributed by atoms with E-state index in [2.05, 4.69) is 21.4 Å². The van der Waals surface area contributed by atoms with Crippen molar-refractivity contribution in [2.75, 3.05) is 40.6 Å². The van der Waals surface area contributed by atoms with Gasteiger partial charge in [0.2, 0.25) is 15.7 Å². The van der Waals surface area contributed by atoms with E-state index in [1.54, 1.807) is 43.5 Å². The number of nitrogens with zero attached hydrogens (tertiary/aromatic N) is 5. The maximum atomic E-state index is 13.7. The van der Waals surface area contributed by atoms with Gasteiger partial charge in [0.15, 0.2) is 6.39 Å². The smallest absolute Gasteiger partial charge is 0.250 e. The van der Waals surface area contributed by atoms with Gasteiger partial charge >= 0.3 is 0 Å². The highest BCUT2D eigenvalue weighted by Crippen LogP contribution is 2.40. The molecule has 14 heteroatoms. The molecule has 0 aliphatic rings. The summed E-state index contributed by atoms with van der Waals surface area (Å²) in [6.07, 6.45) is 2.61. The first-order chi connectivity index (χ1) is 22.9. The minimum atomic E-state index is -4.20. The summed E-state index contributed by atoms with van der Waals surface area (Å²) in [7, 11) is 4.89. The molecule has 12 nitrogen and oxygen atoms in total. The number of halogens is 1. The number of anilines is 2. The summed E-state index contributed by atoms with van der Waals surface area (Å²) in [6.45, 7) is 0. The quantitative estimate of drug-likeness (QED) is 0.172. The van der Waals surface area contributed by atoms with Gasteiger partial charge in [-0.3, -0.25) is 9.78 Å². The number of benzene rings is 3. The Balaban J connectivity index is 1.59. The van der Waals surface area contributed by atoms with Crippen molar-refractivity contribution in [3.63, 3.8) is 0 Å². The van der Waals surface area contributed by atoms with Crippen LogP contribution in [0.15, 0.2) is 87.7 Å². The van der Waals surface area contributed by atoms with E-state index >= 15 is 0 Å². The number of oxazole rings is 1. The Hall–Kier alpha value is -5.00. The normalized spacial score (nSPS) is 13.0. The minimum absolute atomic E-state index is 0.0670. The first kappa shape index (κ1) is 34.3. The van der Waals surface area contributed by atoms with Crippen molar-refractivity contribution in [1.82, 2.24) is 19.8 Å². The molecule has 0 aliphatic heterocycles. The fraction of sp³-hybridized carbons (Fsp3) is 0.235. The van der Waals surface area contributed by atoms with Crippen LogP contribution >= 0.6 is 11.6 Å². The molecule has 0 bridgehead atoms. The number of hydrogen-bond donors (Lipinski definition) is 2. The summed E-state index contributed by atoms with van der Waals surface area (Å²) < 4.78 is 38.6. The van der Waals surface area contributed by atoms with Crippen molar-refractivity contribution in [3.05, 3.63) is 89.4 Å². The summed E-state index contributed by atoms with van der Waals surface area (Å²) in [4.78, 5) is 24.4. The number of carbonyl (C=O) groups excluding carboxylic acids is 1. The molecule has 0 aliphatic carbocycles. The Kier molecular flexibility index (Phi) is 10.0. The number of methoxy groups -OCH3 is 1. The minimum Gasteiger partial charge on any atom is -0.496 e. The van der Waals surface area contributed by atoms with Crippen molar-refractivity contribution < 1.29 is 22.4 Å². The van der Waals surface area contributed by atoms with E-state index in [0.29, 0.717) is 33.6 Å². The first-order valence-corrected chi connectivity index (χ1v) is 16.6. The third-order valence-corrected chi connectivity index (χ3v) is 10.1. The van der Waals surface area contributed by atoms with Crippen LogP contribution in [0, 0.1) is 11.3 Å². The number of primary amides is 1. The molecule has 48 heavy (non-hydrogen) atoms. The van der Waals surface area contributed by atoms with Crippen molar-refractivity contribution in [1.29, 1.82) is 5.26 Å². The zero-order chi connectivity index (χ0) is 34.7. The van der Waals surface area contributed by atoms with Crippen molar-refractivity contribution in [3.8, 4) is 23.1 Å². The molecule has 0 saturated carbocycles. The Bertz CT molecular complexity index is 2130. The van der Waals surface area contributed by atoms with Gasteiger partial charge in [0.1, 0.15) is 17.5 Å². The molecule has 2 unspecified atom stereocenters. The van der Waals surface area contributed by atoms with Crippen LogP contribution in [0.4, 0.5) is 11.4 Å². The molecule has 248 valence electrons. The summed E-state index contributed by atoms with van der Waals surface area (Å²) in [6, 6.07) is 18.4. The van der Waals surface area contributed by atoms with E-state index in [9.17, 15) is 18.5 Å². The Morgan fingerprint density at radius 3 is 2.42 bits per heavy atom. The Labute approximate surface area is 283 Å². The highest BCUT2D eigenvalue weighted by molar-refractivity contribution is 7.91. The number of nitrogens with one attached hydrogen (secondary N) is 1. The molecule has 2 atom stereocenters. The standard InChI is InChI=1S/C34H34ClN7O5S/c1-41(2)27(16-30(37)43)33(42(3)4)24-14-23-26(15-28(24)46-5)38-18-21(17-36)31(23)40-22-11-12-29(25(35)13-22)48(44,45)34-32(39-19-47-34)20-9-7-6-8-10-20/h6-15,18-19,27,33H,16H2,1-5H3,(H2,37,43)(H,38,40). The zero-order valence-electron chi connectivity index (χ0n) is 26.9. The van der Waals surface area contributed by atoms with Gasteiger partial charge < -0.3 is 30.0 Å². The molecule has 5 aromatic rings. The maximum absolute atomic E-state index is 13.7. The fourth-order valence-electron chi connectivity index (χ4n) is 5.73. The summed E-state index contributed by atoms with van der Waals surface area (Å²) in [5.74, 6) is 0.0959. The van der Waals surface area contributed by atoms with Crippen LogP contribution in [0.3, 0.4) is 0 Å². The van der Waals surface area contributed by atoms with Gasteiger partial charge in [0.25, 0.3) is 5.09 Å². The van der Waals surface area contributed by atoms with Crippen LogP contribution in [0.25, 0.3) is 22.2 Å². The predicted octanol–water partition coefficient (Wildman–Crippen LogP) is 5.41. The Morgan fingerprint density at radius 1 is 1.08 bits per heavy atom. The monoisotopic (exact) mass is 687 g/mol. The molecule has 1 amide bonds. The van der Waals surface area contributed by atoms with Gasteiger partial charge in [-0.05, 0) is 52.5 Å². The highest BCUT2D eigenvalue weighted by Gasteiger charge is 2.32. The van der Waals surface area contributed by atoms with E-state index in [4.69, 9.17) is 26.5 Å². The summed E-state index contributed by atoms with van der Waals surface area (Å²) >= 11 is 6.61. The number of rotatable bonds is 12. The fourth-order valence-corrected chi connectivity index (χ4v) is 7.57. The van der Waals surface area contributed by atoms with Gasteiger partial charge in [0.05, 0.1) is 39.8 Å². The number of hydrogen-bond acceptors (Lipinski definition) is 11. The maximum Gasteiger partial charge on any atom is 0.250 e. The molecular weight excluding hydrogens is 654 g/mol. The van der Waals surface area contributed by atoms with Crippen LogP contribution in [0.5, 0.6) is 5.75 Å². The van der Waals surface area contributed by atoms with Gasteiger partial charge in [-0.15, -0.1) is 0 Å². The lowest BCUT2D eigenvalue weighted by Gasteiger charge is -2.37. The third-order valence-electron chi connectivity index (χ3n) is 7.97. The second-order valence-corrected chi connectivity index (χ2v) is 13.7. The first-order valence-electron chi connectivity index (χ1n) is 14.7. The molecule has 5 rings (SSSR count). The van der Waals surface area contributed by atoms with Crippen LogP contribution in [0.2, 0.25) is 5.02 Å². The lowest BCUT2D eigenvalue weighted by atomic mass is 9.92. The number of fused-ring (bicyclic) bond motifs is 1. The van der Waals surface area contributed by atoms with Crippen LogP contribution in [-0.4, -0.2) is 75.4 Å². The highest BCUT2D eigenvalue weighted by atomic mass is 35.5. The van der Waals surface area contributed by atoms with Crippen molar-refractivity contribution in [2.24, 2.45) is 5.73 Å². The lowest BCUT2D eigenvalue weighted by molar-refractivity contribution is -0.119.